The minimum atomic E-state index is 0.0828. The molecule has 2 aromatic rings. The van der Waals surface area contributed by atoms with E-state index in [2.05, 4.69) is 32.2 Å². The molecular formula is C19H28N6O. The number of amides is 1. The van der Waals surface area contributed by atoms with Crippen molar-refractivity contribution in [2.24, 2.45) is 5.92 Å². The van der Waals surface area contributed by atoms with E-state index in [-0.39, 0.29) is 17.9 Å². The average Bonchev–Trinajstić information content (AvgIpc) is 3.00. The summed E-state index contributed by atoms with van der Waals surface area (Å²) in [5, 5.41) is 7.59. The zero-order valence-corrected chi connectivity index (χ0v) is 16.1. The Balaban J connectivity index is 1.66. The van der Waals surface area contributed by atoms with Crippen LogP contribution in [0.4, 0.5) is 5.95 Å². The molecule has 7 heteroatoms. The SMILES string of the molecule is CCC(C)NC(=O)C1CCN(c2nccc(-n3nc(C)cc3C)n2)CC1. The maximum absolute atomic E-state index is 12.3. The van der Waals surface area contributed by atoms with Crippen LogP contribution in [0.1, 0.15) is 44.5 Å². The molecule has 2 aromatic heterocycles. The molecule has 1 fully saturated rings. The second-order valence-corrected chi connectivity index (χ2v) is 7.13. The summed E-state index contributed by atoms with van der Waals surface area (Å²) in [5.74, 6) is 1.74. The monoisotopic (exact) mass is 356 g/mol. The number of aromatic nitrogens is 4. The first-order chi connectivity index (χ1) is 12.5. The topological polar surface area (TPSA) is 75.9 Å². The van der Waals surface area contributed by atoms with Crippen molar-refractivity contribution >= 4 is 11.9 Å². The Bertz CT molecular complexity index is 763. The molecule has 1 aliphatic heterocycles. The summed E-state index contributed by atoms with van der Waals surface area (Å²) in [5.41, 5.74) is 2.02. The lowest BCUT2D eigenvalue weighted by Gasteiger charge is -2.32. The molecule has 7 nitrogen and oxygen atoms in total. The third kappa shape index (κ3) is 4.03. The molecule has 26 heavy (non-hydrogen) atoms. The van der Waals surface area contributed by atoms with Crippen molar-refractivity contribution < 1.29 is 4.79 Å². The van der Waals surface area contributed by atoms with Gasteiger partial charge in [0.2, 0.25) is 11.9 Å². The summed E-state index contributed by atoms with van der Waals surface area (Å²) in [6, 6.07) is 4.14. The molecule has 0 saturated carbocycles. The lowest BCUT2D eigenvalue weighted by Crippen LogP contribution is -2.43. The second kappa shape index (κ2) is 7.85. The molecule has 1 aliphatic rings. The Morgan fingerprint density at radius 3 is 2.69 bits per heavy atom. The van der Waals surface area contributed by atoms with Gasteiger partial charge in [-0.1, -0.05) is 6.92 Å². The van der Waals surface area contributed by atoms with E-state index in [9.17, 15) is 4.79 Å². The highest BCUT2D eigenvalue weighted by Gasteiger charge is 2.26. The lowest BCUT2D eigenvalue weighted by atomic mass is 9.95. The fourth-order valence-corrected chi connectivity index (χ4v) is 3.27. The van der Waals surface area contributed by atoms with Crippen molar-refractivity contribution in [3.8, 4) is 5.82 Å². The standard InChI is InChI=1S/C19H28N6O/c1-5-13(2)21-18(26)16-7-10-24(11-8-16)19-20-9-6-17(22-19)25-15(4)12-14(3)23-25/h6,9,12-13,16H,5,7-8,10-11H2,1-4H3,(H,21,26). The normalized spacial score (nSPS) is 16.5. The van der Waals surface area contributed by atoms with Gasteiger partial charge in [-0.15, -0.1) is 0 Å². The average molecular weight is 356 g/mol. The van der Waals surface area contributed by atoms with Gasteiger partial charge in [0.1, 0.15) is 0 Å². The van der Waals surface area contributed by atoms with E-state index >= 15 is 0 Å². The van der Waals surface area contributed by atoms with Crippen molar-refractivity contribution in [1.82, 2.24) is 25.1 Å². The highest BCUT2D eigenvalue weighted by molar-refractivity contribution is 5.79. The first kappa shape index (κ1) is 18.4. The first-order valence-corrected chi connectivity index (χ1v) is 9.40. The molecule has 140 valence electrons. The molecule has 0 aromatic carbocycles. The smallest absolute Gasteiger partial charge is 0.227 e. The van der Waals surface area contributed by atoms with Crippen molar-refractivity contribution in [3.05, 3.63) is 29.7 Å². The van der Waals surface area contributed by atoms with Gasteiger partial charge in [0, 0.05) is 43.0 Å². The number of carbonyl (C=O) groups is 1. The van der Waals surface area contributed by atoms with Gasteiger partial charge in [0.05, 0.1) is 5.69 Å². The van der Waals surface area contributed by atoms with Gasteiger partial charge < -0.3 is 10.2 Å². The first-order valence-electron chi connectivity index (χ1n) is 9.40. The number of anilines is 1. The molecule has 1 unspecified atom stereocenters. The summed E-state index contributed by atoms with van der Waals surface area (Å²) in [6.45, 7) is 9.70. The van der Waals surface area contributed by atoms with Gasteiger partial charge in [-0.25, -0.2) is 9.67 Å². The van der Waals surface area contributed by atoms with Gasteiger partial charge in [0.15, 0.2) is 5.82 Å². The molecule has 1 N–H and O–H groups in total. The number of rotatable bonds is 5. The number of piperidine rings is 1. The molecule has 0 bridgehead atoms. The molecule has 0 spiro atoms. The molecule has 1 atom stereocenters. The van der Waals surface area contributed by atoms with Crippen LogP contribution >= 0.6 is 0 Å². The molecule has 1 saturated heterocycles. The van der Waals surface area contributed by atoms with Crippen LogP contribution in [-0.2, 0) is 4.79 Å². The van der Waals surface area contributed by atoms with Crippen LogP contribution in [-0.4, -0.2) is 44.8 Å². The molecule has 1 amide bonds. The van der Waals surface area contributed by atoms with E-state index in [1.165, 1.54) is 0 Å². The number of carbonyl (C=O) groups excluding carboxylic acids is 1. The van der Waals surface area contributed by atoms with Crippen molar-refractivity contribution in [3.63, 3.8) is 0 Å². The van der Waals surface area contributed by atoms with Crippen LogP contribution in [0.25, 0.3) is 5.82 Å². The lowest BCUT2D eigenvalue weighted by molar-refractivity contribution is -0.126. The highest BCUT2D eigenvalue weighted by Crippen LogP contribution is 2.22. The third-order valence-corrected chi connectivity index (χ3v) is 5.00. The fraction of sp³-hybridized carbons (Fsp3) is 0.579. The van der Waals surface area contributed by atoms with Crippen LogP contribution in [0.5, 0.6) is 0 Å². The Hall–Kier alpha value is -2.44. The van der Waals surface area contributed by atoms with Gasteiger partial charge in [-0.2, -0.15) is 10.1 Å². The van der Waals surface area contributed by atoms with Crippen LogP contribution < -0.4 is 10.2 Å². The number of nitrogens with zero attached hydrogens (tertiary/aromatic N) is 5. The van der Waals surface area contributed by atoms with Gasteiger partial charge in [0.25, 0.3) is 0 Å². The van der Waals surface area contributed by atoms with E-state index in [1.807, 2.05) is 37.6 Å². The van der Waals surface area contributed by atoms with Gasteiger partial charge >= 0.3 is 0 Å². The highest BCUT2D eigenvalue weighted by atomic mass is 16.1. The minimum Gasteiger partial charge on any atom is -0.353 e. The maximum atomic E-state index is 12.3. The van der Waals surface area contributed by atoms with Crippen LogP contribution in [0.2, 0.25) is 0 Å². The number of nitrogens with one attached hydrogen (secondary N) is 1. The maximum Gasteiger partial charge on any atom is 0.227 e. The van der Waals surface area contributed by atoms with Crippen LogP contribution in [0, 0.1) is 19.8 Å². The molecular weight excluding hydrogens is 328 g/mol. The predicted molar refractivity (Wildman–Crippen MR) is 101 cm³/mol. The zero-order chi connectivity index (χ0) is 18.7. The summed E-state index contributed by atoms with van der Waals surface area (Å²) in [7, 11) is 0. The second-order valence-electron chi connectivity index (χ2n) is 7.13. The summed E-state index contributed by atoms with van der Waals surface area (Å²) < 4.78 is 1.84. The van der Waals surface area contributed by atoms with Crippen LogP contribution in [0.3, 0.4) is 0 Å². The molecule has 0 aliphatic carbocycles. The Labute approximate surface area is 154 Å². The van der Waals surface area contributed by atoms with Crippen molar-refractivity contribution in [2.75, 3.05) is 18.0 Å². The van der Waals surface area contributed by atoms with E-state index in [0.717, 1.165) is 49.6 Å². The van der Waals surface area contributed by atoms with Crippen molar-refractivity contribution in [2.45, 2.75) is 53.0 Å². The molecule has 0 radical (unpaired) electrons. The quantitative estimate of drug-likeness (QED) is 0.890. The fourth-order valence-electron chi connectivity index (χ4n) is 3.27. The molecule has 3 rings (SSSR count). The number of aryl methyl sites for hydroxylation is 2. The largest absolute Gasteiger partial charge is 0.353 e. The summed E-state index contributed by atoms with van der Waals surface area (Å²) >= 11 is 0. The predicted octanol–water partition coefficient (Wildman–Crippen LogP) is 2.41. The Morgan fingerprint density at radius 2 is 2.08 bits per heavy atom. The van der Waals surface area contributed by atoms with E-state index in [1.54, 1.807) is 6.20 Å². The van der Waals surface area contributed by atoms with E-state index in [4.69, 9.17) is 0 Å². The number of hydrogen-bond donors (Lipinski definition) is 1. The third-order valence-electron chi connectivity index (χ3n) is 5.00. The summed E-state index contributed by atoms with van der Waals surface area (Å²) in [6.07, 6.45) is 4.39. The van der Waals surface area contributed by atoms with E-state index in [0.29, 0.717) is 5.95 Å². The molecule has 3 heterocycles. The van der Waals surface area contributed by atoms with Gasteiger partial charge in [-0.05, 0) is 46.1 Å². The van der Waals surface area contributed by atoms with Crippen molar-refractivity contribution in [1.29, 1.82) is 0 Å². The van der Waals surface area contributed by atoms with E-state index < -0.39 is 0 Å². The summed E-state index contributed by atoms with van der Waals surface area (Å²) in [4.78, 5) is 23.6. The zero-order valence-electron chi connectivity index (χ0n) is 16.1. The minimum absolute atomic E-state index is 0.0828. The Morgan fingerprint density at radius 1 is 1.35 bits per heavy atom. The van der Waals surface area contributed by atoms with Gasteiger partial charge in [-0.3, -0.25) is 4.79 Å². The van der Waals surface area contributed by atoms with Crippen LogP contribution in [0.15, 0.2) is 18.3 Å². The number of hydrogen-bond acceptors (Lipinski definition) is 5. The Kier molecular flexibility index (Phi) is 5.54.